The van der Waals surface area contributed by atoms with E-state index in [0.29, 0.717) is 25.7 Å². The Bertz CT molecular complexity index is 1790. The quantitative estimate of drug-likeness (QED) is 0.0188. The molecule has 18 nitrogen and oxygen atoms in total. The van der Waals surface area contributed by atoms with Crippen molar-refractivity contribution in [1.29, 1.82) is 0 Å². The highest BCUT2D eigenvalue weighted by Crippen LogP contribution is 2.43. The summed E-state index contributed by atoms with van der Waals surface area (Å²) in [6.07, 6.45) is 30.3. The van der Waals surface area contributed by atoms with Crippen molar-refractivity contribution in [3.63, 3.8) is 0 Å². The first-order valence-electron chi connectivity index (χ1n) is 36.1. The topological polar surface area (TPSA) is 247 Å². The van der Waals surface area contributed by atoms with Gasteiger partial charge in [0, 0.05) is 35.2 Å². The van der Waals surface area contributed by atoms with Crippen LogP contribution in [0.4, 0.5) is 0 Å². The number of nitrogens with one attached hydrogen (secondary N) is 1. The number of methoxy groups -OCH3 is 2. The van der Waals surface area contributed by atoms with Gasteiger partial charge in [0.15, 0.2) is 12.6 Å². The molecule has 0 spiro atoms. The molecule has 2 heterocycles. The molecule has 2 saturated heterocycles. The molecule has 19 heteroatoms. The summed E-state index contributed by atoms with van der Waals surface area (Å²) in [5, 5.41) is 38.2. The number of carboxylic acids is 1. The average molecular weight is 1270 g/mol. The SMILES string of the molecule is [2H]C(CCCCCCCCCCC)O[C@H]1[C@H](O)[C@@H](CO[C@@H]2O[C@H](COC)[C@@H](OP(=O)(O)O)[C@H](OCC[C@@H](CCCCCCC)OC)[C@H]2NC(=O)CCCCCCCCC/C=C\CCCCCC)OC(OCC(=O)O)[C@@]1(O)C([2H])CCCCCCCCCCC. The van der Waals surface area contributed by atoms with Crippen LogP contribution in [-0.2, 0) is 56.6 Å². The van der Waals surface area contributed by atoms with Crippen molar-refractivity contribution in [2.24, 2.45) is 0 Å². The van der Waals surface area contributed by atoms with Crippen LogP contribution in [0, 0.1) is 0 Å². The van der Waals surface area contributed by atoms with Gasteiger partial charge in [-0.1, -0.05) is 245 Å². The molecule has 0 aromatic carbocycles. The Hall–Kier alpha value is -1.61. The van der Waals surface area contributed by atoms with Gasteiger partial charge in [0.25, 0.3) is 0 Å². The number of carbonyl (C=O) groups excluding carboxylic acids is 1. The minimum atomic E-state index is -5.26. The van der Waals surface area contributed by atoms with Crippen LogP contribution in [0.25, 0.3) is 0 Å². The molecule has 2 aliphatic rings. The molecule has 2 rings (SSSR count). The zero-order valence-corrected chi connectivity index (χ0v) is 56.4. The monoisotopic (exact) mass is 1270 g/mol. The second-order valence-electron chi connectivity index (χ2n) is 24.8. The van der Waals surface area contributed by atoms with E-state index >= 15 is 0 Å². The van der Waals surface area contributed by atoms with Crippen LogP contribution >= 0.6 is 7.82 Å². The van der Waals surface area contributed by atoms with Crippen LogP contribution in [0.15, 0.2) is 12.2 Å². The molecule has 2 aliphatic heterocycles. The fraction of sp³-hybridized carbons (Fsp3) is 0.941. The van der Waals surface area contributed by atoms with Crippen LogP contribution in [0.3, 0.4) is 0 Å². The van der Waals surface area contributed by atoms with Gasteiger partial charge in [-0.15, -0.1) is 0 Å². The van der Waals surface area contributed by atoms with Gasteiger partial charge in [-0.25, -0.2) is 9.36 Å². The lowest BCUT2D eigenvalue weighted by Crippen LogP contribution is -2.69. The first-order chi connectivity index (χ1) is 43.0. The van der Waals surface area contributed by atoms with Crippen molar-refractivity contribution in [3.8, 4) is 0 Å². The summed E-state index contributed by atoms with van der Waals surface area (Å²) in [6.45, 7) is 5.76. The van der Waals surface area contributed by atoms with Gasteiger partial charge in [-0.3, -0.25) is 9.32 Å². The Morgan fingerprint density at radius 2 is 1.09 bits per heavy atom. The standard InChI is InChI=1S/C68H130NO17P/c1-7-11-15-19-22-25-28-29-30-31-32-33-36-40-44-48-59(70)69-61-64(80-52-49-56(79-6)47-43-39-18-14-10-4)63(86-87(75,76)77)58(53-78-5)84-66(61)82-54-57-62(73)65(81-51-46-42-38-35-27-24-21-17-13-9-3)68(74,67(85-57)83-55-60(71)72)50-45-41-37-34-26-23-20-16-12-8-2/h25,28,56-58,61-67,73-74H,7-24,26-27,29-55H2,1-6H3,(H,69,70)(H,71,72)(H2,75,76,77)/b28-25-/t56-,57-,58-,61-,62-,63-,64-,65+,66-,67?,68-/m1/s1/i50D,51D/t50?,51?,56-,57-,58-,61-,62-,63-,64-,65+,66-,67?,68-. The van der Waals surface area contributed by atoms with Crippen LogP contribution in [-0.4, -0.2) is 151 Å². The lowest BCUT2D eigenvalue weighted by molar-refractivity contribution is -0.356. The lowest BCUT2D eigenvalue weighted by atomic mass is 9.82. The van der Waals surface area contributed by atoms with Crippen molar-refractivity contribution in [1.82, 2.24) is 5.32 Å². The molecule has 3 unspecified atom stereocenters. The Labute approximate surface area is 531 Å². The molecule has 0 bridgehead atoms. The molecule has 1 amide bonds. The van der Waals surface area contributed by atoms with Gasteiger partial charge >= 0.3 is 13.8 Å². The molecular weight excluding hydrogens is 1130 g/mol. The van der Waals surface area contributed by atoms with E-state index in [0.717, 1.165) is 154 Å². The van der Waals surface area contributed by atoms with E-state index in [2.05, 4.69) is 45.2 Å². The zero-order valence-electron chi connectivity index (χ0n) is 57.5. The number of amides is 1. The Kier molecular flexibility index (Phi) is 47.3. The minimum Gasteiger partial charge on any atom is -0.480 e. The third kappa shape index (κ3) is 38.2. The van der Waals surface area contributed by atoms with E-state index in [1.54, 1.807) is 7.11 Å². The Morgan fingerprint density at radius 3 is 1.61 bits per heavy atom. The van der Waals surface area contributed by atoms with E-state index in [1.807, 2.05) is 0 Å². The highest BCUT2D eigenvalue weighted by atomic mass is 31.2. The summed E-state index contributed by atoms with van der Waals surface area (Å²) < 4.78 is 86.3. The van der Waals surface area contributed by atoms with E-state index < -0.39 is 107 Å². The van der Waals surface area contributed by atoms with Crippen LogP contribution < -0.4 is 5.32 Å². The van der Waals surface area contributed by atoms with Crippen LogP contribution in [0.2, 0.25) is 0 Å². The van der Waals surface area contributed by atoms with E-state index in [-0.39, 0.29) is 38.6 Å². The van der Waals surface area contributed by atoms with E-state index in [9.17, 15) is 40.6 Å². The molecule has 2 fully saturated rings. The summed E-state index contributed by atoms with van der Waals surface area (Å²) in [5.41, 5.74) is -2.46. The number of ether oxygens (including phenoxy) is 8. The predicted octanol–water partition coefficient (Wildman–Crippen LogP) is 15.1. The number of phosphoric acid groups is 1. The summed E-state index contributed by atoms with van der Waals surface area (Å²) in [5.74, 6) is -1.78. The summed E-state index contributed by atoms with van der Waals surface area (Å²) >= 11 is 0. The number of aliphatic carboxylic acids is 1. The molecule has 6 N–H and O–H groups in total. The maximum absolute atomic E-state index is 14.2. The molecule has 13 atom stereocenters. The number of carbonyl (C=O) groups is 2. The number of aliphatic hydroxyl groups excluding tert-OH is 1. The summed E-state index contributed by atoms with van der Waals surface area (Å²) in [7, 11) is -2.25. The number of carboxylic acid groups (broad SMARTS) is 1. The predicted molar refractivity (Wildman–Crippen MR) is 345 cm³/mol. The summed E-state index contributed by atoms with van der Waals surface area (Å²) in [4.78, 5) is 47.1. The van der Waals surface area contributed by atoms with Gasteiger partial charge in [0.1, 0.15) is 54.9 Å². The maximum atomic E-state index is 14.2. The fourth-order valence-corrected chi connectivity index (χ4v) is 12.4. The number of hydrogen-bond acceptors (Lipinski definition) is 14. The van der Waals surface area contributed by atoms with E-state index in [1.165, 1.54) is 71.3 Å². The number of phosphoric ester groups is 1. The smallest absolute Gasteiger partial charge is 0.470 e. The minimum absolute atomic E-state index is 0.0264. The van der Waals surface area contributed by atoms with Gasteiger partial charge < -0.3 is 68.3 Å². The highest BCUT2D eigenvalue weighted by molar-refractivity contribution is 7.46. The van der Waals surface area contributed by atoms with Crippen molar-refractivity contribution in [2.45, 2.75) is 364 Å². The highest BCUT2D eigenvalue weighted by Gasteiger charge is 2.57. The average Bonchev–Trinajstić information content (AvgIpc) is 1.02. The molecular formula is C68H130NO17P. The van der Waals surface area contributed by atoms with Gasteiger partial charge in [-0.2, -0.15) is 0 Å². The molecule has 87 heavy (non-hydrogen) atoms. The number of unbranched alkanes of at least 4 members (excludes halogenated alkanes) is 31. The Morgan fingerprint density at radius 1 is 0.598 bits per heavy atom. The lowest BCUT2D eigenvalue weighted by Gasteiger charge is -2.50. The number of rotatable bonds is 60. The third-order valence-electron chi connectivity index (χ3n) is 17.0. The Balaban J connectivity index is 2.51. The number of allylic oxidation sites excluding steroid dienone is 2. The first-order valence-corrected chi connectivity index (χ1v) is 36.5. The molecule has 0 aromatic heterocycles. The number of aliphatic hydroxyl groups is 2. The van der Waals surface area contributed by atoms with Gasteiger partial charge in [0.05, 0.1) is 20.7 Å². The zero-order chi connectivity index (χ0) is 65.4. The molecule has 0 aliphatic carbocycles. The van der Waals surface area contributed by atoms with Crippen molar-refractivity contribution in [2.75, 3.05) is 47.2 Å². The molecule has 0 saturated carbocycles. The van der Waals surface area contributed by atoms with Crippen molar-refractivity contribution in [3.05, 3.63) is 12.2 Å². The normalized spacial score (nSPS) is 24.9. The van der Waals surface area contributed by atoms with Crippen LogP contribution in [0.1, 0.15) is 300 Å². The van der Waals surface area contributed by atoms with Crippen molar-refractivity contribution < 1.29 is 84.4 Å². The molecule has 0 radical (unpaired) electrons. The molecule has 0 aromatic rings. The van der Waals surface area contributed by atoms with Crippen LogP contribution in [0.5, 0.6) is 0 Å². The van der Waals surface area contributed by atoms with Gasteiger partial charge in [0.2, 0.25) is 5.91 Å². The second kappa shape index (κ2) is 52.8. The van der Waals surface area contributed by atoms with E-state index in [4.69, 9.17) is 43.8 Å². The summed E-state index contributed by atoms with van der Waals surface area (Å²) in [6, 6.07) is -1.29. The molecule has 514 valence electrons. The first kappa shape index (κ1) is 77.8. The maximum Gasteiger partial charge on any atom is 0.470 e. The largest absolute Gasteiger partial charge is 0.480 e. The third-order valence-corrected chi connectivity index (χ3v) is 17.5. The number of hydrogen-bond donors (Lipinski definition) is 6. The second-order valence-corrected chi connectivity index (χ2v) is 25.9. The van der Waals surface area contributed by atoms with Crippen molar-refractivity contribution >= 4 is 19.7 Å². The van der Waals surface area contributed by atoms with Gasteiger partial charge in [-0.05, 0) is 57.8 Å². The fourth-order valence-electron chi connectivity index (χ4n) is 11.8.